The molecule has 0 aromatic rings. The van der Waals surface area contributed by atoms with Crippen LogP contribution in [0.5, 0.6) is 0 Å². The smallest absolute Gasteiger partial charge is 0.462 e. The third-order valence-electron chi connectivity index (χ3n) is 18.1. The van der Waals surface area contributed by atoms with Gasteiger partial charge in [-0.3, -0.25) is 18.6 Å². The van der Waals surface area contributed by atoms with Gasteiger partial charge in [0.2, 0.25) is 0 Å². The molecule has 93 heavy (non-hydrogen) atoms. The van der Waals surface area contributed by atoms with Gasteiger partial charge < -0.3 is 20.1 Å². The zero-order chi connectivity index (χ0) is 67.2. The standard InChI is InChI=1S/C83H154NO8P/c1-3-5-7-9-11-13-15-17-19-21-23-25-27-29-31-33-35-36-37-38-39-40-41-42-43-44-46-47-49-51-53-55-57-59-61-63-65-67-69-71-73-75-82(85)89-79-81(80-91-93(87,88)90-78-77-84)92-83(86)76-74-72-70-68-66-64-62-60-58-56-54-52-50-48-45-34-32-30-28-26-24-22-20-18-16-14-12-10-8-6-4-2/h6,8,12,14,18,20,24,26,30,32,45,48,81H,3-5,7,9-11,13,15-17,19,21-23,25,27-29,31,33-44,46-47,49-80,84H2,1-2H3,(H,87,88)/b8-6-,14-12-,20-18-,26-24-,32-30-,48-45-. The molecule has 2 unspecified atom stereocenters. The van der Waals surface area contributed by atoms with Crippen LogP contribution >= 0.6 is 7.82 Å². The van der Waals surface area contributed by atoms with Crippen molar-refractivity contribution in [2.75, 3.05) is 26.4 Å². The Labute approximate surface area is 577 Å². The van der Waals surface area contributed by atoms with E-state index in [1.807, 2.05) is 0 Å². The molecule has 0 radical (unpaired) electrons. The number of carbonyl (C=O) groups is 2. The molecule has 0 saturated heterocycles. The maximum Gasteiger partial charge on any atom is 0.472 e. The molecule has 0 heterocycles. The molecule has 0 saturated carbocycles. The van der Waals surface area contributed by atoms with E-state index in [-0.39, 0.29) is 38.6 Å². The van der Waals surface area contributed by atoms with E-state index in [9.17, 15) is 19.0 Å². The van der Waals surface area contributed by atoms with Crippen LogP contribution in [-0.4, -0.2) is 49.3 Å². The fraction of sp³-hybridized carbons (Fsp3) is 0.831. The molecule has 0 aliphatic carbocycles. The van der Waals surface area contributed by atoms with Gasteiger partial charge in [0.25, 0.3) is 0 Å². The second-order valence-electron chi connectivity index (χ2n) is 27.3. The number of allylic oxidation sites excluding steroid dienone is 12. The average Bonchev–Trinajstić information content (AvgIpc) is 3.70. The molecule has 0 fully saturated rings. The highest BCUT2D eigenvalue weighted by atomic mass is 31.2. The molecule has 0 bridgehead atoms. The number of hydrogen-bond donors (Lipinski definition) is 2. The lowest BCUT2D eigenvalue weighted by atomic mass is 10.0. The number of phosphoric ester groups is 1. The maximum absolute atomic E-state index is 12.8. The summed E-state index contributed by atoms with van der Waals surface area (Å²) in [6, 6.07) is 0. The molecule has 0 spiro atoms. The summed E-state index contributed by atoms with van der Waals surface area (Å²) in [5, 5.41) is 0. The summed E-state index contributed by atoms with van der Waals surface area (Å²) in [7, 11) is -4.40. The van der Waals surface area contributed by atoms with Gasteiger partial charge in [0.05, 0.1) is 13.2 Å². The van der Waals surface area contributed by atoms with Gasteiger partial charge in [0, 0.05) is 19.4 Å². The van der Waals surface area contributed by atoms with E-state index in [1.165, 1.54) is 302 Å². The molecule has 0 aromatic heterocycles. The van der Waals surface area contributed by atoms with Crippen molar-refractivity contribution in [1.82, 2.24) is 0 Å². The van der Waals surface area contributed by atoms with Crippen LogP contribution in [0, 0.1) is 0 Å². The summed E-state index contributed by atoms with van der Waals surface area (Å²) in [5.74, 6) is -0.813. The maximum atomic E-state index is 12.8. The zero-order valence-corrected chi connectivity index (χ0v) is 62.4. The summed E-state index contributed by atoms with van der Waals surface area (Å²) in [6.07, 6.45) is 105. The quantitative estimate of drug-likeness (QED) is 0.0264. The molecule has 0 aliphatic heterocycles. The third-order valence-corrected chi connectivity index (χ3v) is 19.1. The summed E-state index contributed by atoms with van der Waals surface area (Å²) < 4.78 is 33.3. The number of rotatable bonds is 77. The van der Waals surface area contributed by atoms with Crippen molar-refractivity contribution < 1.29 is 37.6 Å². The number of carbonyl (C=O) groups excluding carboxylic acids is 2. The van der Waals surface area contributed by atoms with Crippen molar-refractivity contribution in [3.8, 4) is 0 Å². The number of esters is 2. The second kappa shape index (κ2) is 78.4. The van der Waals surface area contributed by atoms with Gasteiger partial charge in [-0.05, 0) is 64.2 Å². The predicted octanol–water partition coefficient (Wildman–Crippen LogP) is 27.1. The van der Waals surface area contributed by atoms with Crippen LogP contribution < -0.4 is 5.73 Å². The summed E-state index contributed by atoms with van der Waals surface area (Å²) in [4.78, 5) is 35.5. The minimum Gasteiger partial charge on any atom is -0.462 e. The van der Waals surface area contributed by atoms with E-state index in [0.29, 0.717) is 6.42 Å². The lowest BCUT2D eigenvalue weighted by molar-refractivity contribution is -0.161. The number of phosphoric acid groups is 1. The fourth-order valence-corrected chi connectivity index (χ4v) is 12.9. The number of ether oxygens (including phenoxy) is 2. The Morgan fingerprint density at radius 1 is 0.333 bits per heavy atom. The van der Waals surface area contributed by atoms with Crippen molar-refractivity contribution in [3.05, 3.63) is 72.9 Å². The normalized spacial score (nSPS) is 13.2. The Balaban J connectivity index is 3.75. The van der Waals surface area contributed by atoms with Crippen molar-refractivity contribution in [2.24, 2.45) is 5.73 Å². The predicted molar refractivity (Wildman–Crippen MR) is 404 cm³/mol. The summed E-state index contributed by atoms with van der Waals surface area (Å²) in [5.41, 5.74) is 5.41. The first-order valence-electron chi connectivity index (χ1n) is 40.4. The first kappa shape index (κ1) is 90.5. The molecule has 9 nitrogen and oxygen atoms in total. The second-order valence-corrected chi connectivity index (χ2v) is 28.7. The van der Waals surface area contributed by atoms with E-state index in [1.54, 1.807) is 0 Å². The van der Waals surface area contributed by atoms with Gasteiger partial charge in [-0.25, -0.2) is 4.57 Å². The van der Waals surface area contributed by atoms with E-state index < -0.39 is 26.5 Å². The van der Waals surface area contributed by atoms with Crippen LogP contribution in [0.3, 0.4) is 0 Å². The fourth-order valence-electron chi connectivity index (χ4n) is 12.2. The van der Waals surface area contributed by atoms with Crippen LogP contribution in [0.25, 0.3) is 0 Å². The van der Waals surface area contributed by atoms with Gasteiger partial charge in [0.15, 0.2) is 6.10 Å². The highest BCUT2D eigenvalue weighted by molar-refractivity contribution is 7.47. The summed E-state index contributed by atoms with van der Waals surface area (Å²) in [6.45, 7) is 3.69. The Kier molecular flexibility index (Phi) is 76.3. The molecule has 0 aromatic carbocycles. The molecule has 544 valence electrons. The van der Waals surface area contributed by atoms with Gasteiger partial charge in [-0.1, -0.05) is 408 Å². The van der Waals surface area contributed by atoms with Crippen LogP contribution in [0.1, 0.15) is 412 Å². The Morgan fingerprint density at radius 2 is 0.591 bits per heavy atom. The molecule has 10 heteroatoms. The first-order valence-corrected chi connectivity index (χ1v) is 41.9. The van der Waals surface area contributed by atoms with Gasteiger partial charge in [-0.15, -0.1) is 0 Å². The zero-order valence-electron chi connectivity index (χ0n) is 61.5. The van der Waals surface area contributed by atoms with Crippen LogP contribution in [-0.2, 0) is 32.7 Å². The molecule has 3 N–H and O–H groups in total. The van der Waals surface area contributed by atoms with E-state index in [4.69, 9.17) is 24.3 Å². The van der Waals surface area contributed by atoms with E-state index in [2.05, 4.69) is 86.8 Å². The molecule has 2 atom stereocenters. The highest BCUT2D eigenvalue weighted by Crippen LogP contribution is 2.43. The summed E-state index contributed by atoms with van der Waals surface area (Å²) >= 11 is 0. The van der Waals surface area contributed by atoms with Crippen LogP contribution in [0.4, 0.5) is 0 Å². The molecular formula is C83H154NO8P. The monoisotopic (exact) mass is 1320 g/mol. The van der Waals surface area contributed by atoms with Crippen LogP contribution in [0.15, 0.2) is 72.9 Å². The number of nitrogens with two attached hydrogens (primary N) is 1. The van der Waals surface area contributed by atoms with Crippen molar-refractivity contribution in [2.45, 2.75) is 418 Å². The SMILES string of the molecule is CC/C=C\C/C=C\C/C=C\C/C=C\C/C=C\C/C=C\CCCCCCCCCCCCCCC(=O)OC(COC(=O)CCCCCCCCCCCCCCCCCCCCCCCCCCCCCCCCCCCCCCCCCCC)COP(=O)(O)OCCN. The first-order chi connectivity index (χ1) is 45.8. The lowest BCUT2D eigenvalue weighted by Gasteiger charge is -2.19. The van der Waals surface area contributed by atoms with Gasteiger partial charge >= 0.3 is 19.8 Å². The van der Waals surface area contributed by atoms with Crippen LogP contribution in [0.2, 0.25) is 0 Å². The van der Waals surface area contributed by atoms with Crippen molar-refractivity contribution in [1.29, 1.82) is 0 Å². The average molecular weight is 1330 g/mol. The minimum absolute atomic E-state index is 0.0526. The topological polar surface area (TPSA) is 134 Å². The Bertz CT molecular complexity index is 1760. The number of unbranched alkanes of at least 4 members (excludes halogenated alkanes) is 52. The minimum atomic E-state index is -4.40. The third kappa shape index (κ3) is 78.3. The van der Waals surface area contributed by atoms with E-state index in [0.717, 1.165) is 77.0 Å². The Hall–Kier alpha value is -2.55. The largest absolute Gasteiger partial charge is 0.472 e. The molecular weight excluding hydrogens is 1170 g/mol. The van der Waals surface area contributed by atoms with Gasteiger partial charge in [-0.2, -0.15) is 0 Å². The number of hydrogen-bond acceptors (Lipinski definition) is 8. The molecule has 0 rings (SSSR count). The van der Waals surface area contributed by atoms with Crippen molar-refractivity contribution >= 4 is 19.8 Å². The van der Waals surface area contributed by atoms with Gasteiger partial charge in [0.1, 0.15) is 6.61 Å². The lowest BCUT2D eigenvalue weighted by Crippen LogP contribution is -2.29. The molecule has 0 aliphatic rings. The highest BCUT2D eigenvalue weighted by Gasteiger charge is 2.26. The molecule has 0 amide bonds. The van der Waals surface area contributed by atoms with Crippen molar-refractivity contribution in [3.63, 3.8) is 0 Å². The Morgan fingerprint density at radius 3 is 0.882 bits per heavy atom. The van der Waals surface area contributed by atoms with E-state index >= 15 is 0 Å².